The van der Waals surface area contributed by atoms with Crippen molar-refractivity contribution in [1.29, 1.82) is 0 Å². The first kappa shape index (κ1) is 11.3. The van der Waals surface area contributed by atoms with Crippen molar-refractivity contribution in [2.75, 3.05) is 11.1 Å². The normalized spacial score (nSPS) is 21.6. The van der Waals surface area contributed by atoms with Gasteiger partial charge in [-0.25, -0.2) is 0 Å². The van der Waals surface area contributed by atoms with E-state index in [9.17, 15) is 4.79 Å². The number of nitrogens with one attached hydrogen (secondary N) is 1. The molecule has 86 valence electrons. The van der Waals surface area contributed by atoms with E-state index < -0.39 is 0 Å². The van der Waals surface area contributed by atoms with E-state index in [1.165, 1.54) is 0 Å². The summed E-state index contributed by atoms with van der Waals surface area (Å²) < 4.78 is 0. The Morgan fingerprint density at radius 2 is 2.19 bits per heavy atom. The summed E-state index contributed by atoms with van der Waals surface area (Å²) in [5.41, 5.74) is 6.93. The Labute approximate surface area is 100.0 Å². The minimum atomic E-state index is 0.0386. The summed E-state index contributed by atoms with van der Waals surface area (Å²) in [4.78, 5) is 11.8. The van der Waals surface area contributed by atoms with Crippen LogP contribution in [0.3, 0.4) is 0 Å². The van der Waals surface area contributed by atoms with Crippen molar-refractivity contribution in [1.82, 2.24) is 0 Å². The Morgan fingerprint density at radius 3 is 2.69 bits per heavy atom. The molecule has 1 unspecified atom stereocenters. The smallest absolute Gasteiger partial charge is 0.228 e. The van der Waals surface area contributed by atoms with Crippen LogP contribution in [0.25, 0.3) is 0 Å². The second-order valence-corrected chi connectivity index (χ2v) is 5.38. The molecule has 16 heavy (non-hydrogen) atoms. The molecule has 1 aliphatic rings. The highest BCUT2D eigenvalue weighted by Crippen LogP contribution is 2.52. The third kappa shape index (κ3) is 2.14. The van der Waals surface area contributed by atoms with Crippen LogP contribution in [0.2, 0.25) is 5.02 Å². The van der Waals surface area contributed by atoms with Crippen LogP contribution in [0, 0.1) is 11.3 Å². The highest BCUT2D eigenvalue weighted by atomic mass is 35.5. The minimum Gasteiger partial charge on any atom is -0.399 e. The number of rotatable bonds is 2. The maximum atomic E-state index is 11.8. The quantitative estimate of drug-likeness (QED) is 0.779. The molecule has 3 N–H and O–H groups in total. The lowest BCUT2D eigenvalue weighted by Gasteiger charge is -2.08. The maximum Gasteiger partial charge on any atom is 0.228 e. The first-order chi connectivity index (χ1) is 7.40. The predicted molar refractivity (Wildman–Crippen MR) is 66.4 cm³/mol. The number of halogens is 1. The monoisotopic (exact) mass is 238 g/mol. The van der Waals surface area contributed by atoms with Crippen LogP contribution in [0.15, 0.2) is 18.2 Å². The number of benzene rings is 1. The van der Waals surface area contributed by atoms with Gasteiger partial charge in [-0.2, -0.15) is 0 Å². The van der Waals surface area contributed by atoms with Gasteiger partial charge in [0.1, 0.15) is 0 Å². The topological polar surface area (TPSA) is 55.1 Å². The number of hydrogen-bond donors (Lipinski definition) is 2. The lowest BCUT2D eigenvalue weighted by Crippen LogP contribution is -2.16. The number of carbonyl (C=O) groups is 1. The van der Waals surface area contributed by atoms with Gasteiger partial charge >= 0.3 is 0 Å². The zero-order valence-electron chi connectivity index (χ0n) is 9.38. The van der Waals surface area contributed by atoms with Crippen LogP contribution < -0.4 is 11.1 Å². The van der Waals surface area contributed by atoms with E-state index in [0.29, 0.717) is 16.4 Å². The molecule has 0 heterocycles. The highest BCUT2D eigenvalue weighted by Gasteiger charge is 2.50. The van der Waals surface area contributed by atoms with Crippen molar-refractivity contribution in [2.24, 2.45) is 11.3 Å². The lowest BCUT2D eigenvalue weighted by atomic mass is 10.1. The van der Waals surface area contributed by atoms with Gasteiger partial charge in [-0.05, 0) is 30.0 Å². The van der Waals surface area contributed by atoms with Crippen molar-refractivity contribution in [3.8, 4) is 0 Å². The van der Waals surface area contributed by atoms with Crippen molar-refractivity contribution in [3.05, 3.63) is 23.2 Å². The lowest BCUT2D eigenvalue weighted by molar-refractivity contribution is -0.117. The number of amides is 1. The average molecular weight is 239 g/mol. The van der Waals surface area contributed by atoms with Crippen molar-refractivity contribution in [2.45, 2.75) is 20.3 Å². The second-order valence-electron chi connectivity index (χ2n) is 4.97. The highest BCUT2D eigenvalue weighted by molar-refractivity contribution is 6.34. The largest absolute Gasteiger partial charge is 0.399 e. The third-order valence-electron chi connectivity index (χ3n) is 3.08. The second kappa shape index (κ2) is 3.67. The first-order valence-corrected chi connectivity index (χ1v) is 5.64. The Hall–Kier alpha value is -1.22. The van der Waals surface area contributed by atoms with E-state index in [0.717, 1.165) is 6.42 Å². The van der Waals surface area contributed by atoms with Crippen LogP contribution in [-0.2, 0) is 4.79 Å². The number of nitrogens with two attached hydrogens (primary N) is 1. The molecule has 0 spiro atoms. The number of carbonyl (C=O) groups excluding carboxylic acids is 1. The van der Waals surface area contributed by atoms with E-state index >= 15 is 0 Å². The summed E-state index contributed by atoms with van der Waals surface area (Å²) in [7, 11) is 0. The van der Waals surface area contributed by atoms with Gasteiger partial charge in [-0.1, -0.05) is 25.4 Å². The fourth-order valence-corrected chi connectivity index (χ4v) is 2.00. The Kier molecular flexibility index (Phi) is 2.58. The number of hydrogen-bond acceptors (Lipinski definition) is 2. The van der Waals surface area contributed by atoms with Gasteiger partial charge in [0, 0.05) is 11.6 Å². The summed E-state index contributed by atoms with van der Waals surface area (Å²) in [6.07, 6.45) is 0.936. The van der Waals surface area contributed by atoms with Crippen LogP contribution >= 0.6 is 11.6 Å². The summed E-state index contributed by atoms with van der Waals surface area (Å²) in [5.74, 6) is 0.137. The molecule has 1 saturated carbocycles. The van der Waals surface area contributed by atoms with Crippen LogP contribution in [-0.4, -0.2) is 5.91 Å². The van der Waals surface area contributed by atoms with Crippen molar-refractivity contribution < 1.29 is 4.79 Å². The molecular formula is C12H15ClN2O. The van der Waals surface area contributed by atoms with Crippen molar-refractivity contribution in [3.63, 3.8) is 0 Å². The molecule has 1 atom stereocenters. The van der Waals surface area contributed by atoms with Crippen LogP contribution in [0.1, 0.15) is 20.3 Å². The molecule has 0 saturated heterocycles. The summed E-state index contributed by atoms with van der Waals surface area (Å²) >= 11 is 5.98. The molecule has 1 aliphatic carbocycles. The molecule has 1 fully saturated rings. The van der Waals surface area contributed by atoms with Gasteiger partial charge in [0.2, 0.25) is 5.91 Å². The molecule has 0 aliphatic heterocycles. The van der Waals surface area contributed by atoms with Gasteiger partial charge in [0.25, 0.3) is 0 Å². The standard InChI is InChI=1S/C12H15ClN2O/c1-12(2)6-8(12)11(16)15-10-4-3-7(14)5-9(10)13/h3-5,8H,6,14H2,1-2H3,(H,15,16). The zero-order chi connectivity index (χ0) is 11.9. The van der Waals surface area contributed by atoms with E-state index in [4.69, 9.17) is 17.3 Å². The SMILES string of the molecule is CC1(C)CC1C(=O)Nc1ccc(N)cc1Cl. The molecule has 3 nitrogen and oxygen atoms in total. The summed E-state index contributed by atoms with van der Waals surface area (Å²) in [6.45, 7) is 4.17. The predicted octanol–water partition coefficient (Wildman–Crippen LogP) is 2.91. The maximum absolute atomic E-state index is 11.8. The Balaban J connectivity index is 2.07. The molecule has 2 rings (SSSR count). The minimum absolute atomic E-state index is 0.0386. The fraction of sp³-hybridized carbons (Fsp3) is 0.417. The van der Waals surface area contributed by atoms with Crippen LogP contribution in [0.4, 0.5) is 11.4 Å². The van der Waals surface area contributed by atoms with Gasteiger partial charge in [-0.3, -0.25) is 4.79 Å². The van der Waals surface area contributed by atoms with Gasteiger partial charge in [-0.15, -0.1) is 0 Å². The number of anilines is 2. The Morgan fingerprint density at radius 1 is 1.56 bits per heavy atom. The average Bonchev–Trinajstić information content (AvgIpc) is 2.80. The first-order valence-electron chi connectivity index (χ1n) is 5.26. The van der Waals surface area contributed by atoms with E-state index in [1.54, 1.807) is 18.2 Å². The molecule has 1 amide bonds. The van der Waals surface area contributed by atoms with E-state index in [-0.39, 0.29) is 17.2 Å². The molecule has 1 aromatic carbocycles. The summed E-state index contributed by atoms with van der Waals surface area (Å²) in [5, 5.41) is 3.31. The van der Waals surface area contributed by atoms with Gasteiger partial charge in [0.15, 0.2) is 0 Å². The van der Waals surface area contributed by atoms with Gasteiger partial charge < -0.3 is 11.1 Å². The summed E-state index contributed by atoms with van der Waals surface area (Å²) in [6, 6.07) is 5.08. The van der Waals surface area contributed by atoms with Crippen molar-refractivity contribution >= 4 is 28.9 Å². The van der Waals surface area contributed by atoms with E-state index in [1.807, 2.05) is 0 Å². The molecule has 0 bridgehead atoms. The fourth-order valence-electron chi connectivity index (χ4n) is 1.77. The Bertz CT molecular complexity index is 443. The van der Waals surface area contributed by atoms with E-state index in [2.05, 4.69) is 19.2 Å². The van der Waals surface area contributed by atoms with Crippen LogP contribution in [0.5, 0.6) is 0 Å². The molecular weight excluding hydrogens is 224 g/mol. The molecule has 0 radical (unpaired) electrons. The third-order valence-corrected chi connectivity index (χ3v) is 3.39. The number of nitrogen functional groups attached to an aromatic ring is 1. The molecule has 1 aromatic rings. The van der Waals surface area contributed by atoms with Gasteiger partial charge in [0.05, 0.1) is 10.7 Å². The molecule has 4 heteroatoms. The zero-order valence-corrected chi connectivity index (χ0v) is 10.1. The molecule has 0 aromatic heterocycles.